The molecule has 6 nitrogen and oxygen atoms in total. The highest BCUT2D eigenvalue weighted by Gasteiger charge is 2.26. The van der Waals surface area contributed by atoms with Gasteiger partial charge < -0.3 is 4.90 Å². The molecule has 1 saturated heterocycles. The third-order valence-electron chi connectivity index (χ3n) is 4.69. The summed E-state index contributed by atoms with van der Waals surface area (Å²) in [6.45, 7) is 2.46. The maximum Gasteiger partial charge on any atom is 0.236 e. The van der Waals surface area contributed by atoms with Crippen molar-refractivity contribution in [3.05, 3.63) is 48.3 Å². The van der Waals surface area contributed by atoms with E-state index in [1.54, 1.807) is 24.3 Å². The van der Waals surface area contributed by atoms with Crippen LogP contribution in [0.2, 0.25) is 0 Å². The van der Waals surface area contributed by atoms with Crippen molar-refractivity contribution >= 4 is 5.91 Å². The number of benzene rings is 1. The van der Waals surface area contributed by atoms with Crippen LogP contribution in [0.15, 0.2) is 36.9 Å². The van der Waals surface area contributed by atoms with Gasteiger partial charge in [0.25, 0.3) is 0 Å². The van der Waals surface area contributed by atoms with Crippen molar-refractivity contribution in [2.45, 2.75) is 38.4 Å². The summed E-state index contributed by atoms with van der Waals surface area (Å²) in [4.78, 5) is 20.5. The molecule has 0 spiro atoms. The number of aromatic nitrogens is 3. The van der Waals surface area contributed by atoms with Crippen LogP contribution in [0.5, 0.6) is 0 Å². The molecule has 0 bridgehead atoms. The average molecular weight is 345 g/mol. The van der Waals surface area contributed by atoms with Gasteiger partial charge in [0.05, 0.1) is 13.1 Å². The lowest BCUT2D eigenvalue weighted by atomic mass is 10.0. The van der Waals surface area contributed by atoms with Crippen LogP contribution in [0.4, 0.5) is 4.39 Å². The Morgan fingerprint density at radius 2 is 2.28 bits per heavy atom. The van der Waals surface area contributed by atoms with E-state index in [4.69, 9.17) is 0 Å². The van der Waals surface area contributed by atoms with Crippen molar-refractivity contribution in [1.29, 1.82) is 0 Å². The summed E-state index contributed by atoms with van der Waals surface area (Å²) in [6.07, 6.45) is 6.58. The van der Waals surface area contributed by atoms with E-state index in [-0.39, 0.29) is 11.7 Å². The van der Waals surface area contributed by atoms with Gasteiger partial charge in [-0.3, -0.25) is 14.4 Å². The Labute approximate surface area is 147 Å². The van der Waals surface area contributed by atoms with Crippen LogP contribution in [0, 0.1) is 5.82 Å². The summed E-state index contributed by atoms with van der Waals surface area (Å²) in [5.74, 6) is -0.225. The molecule has 1 amide bonds. The van der Waals surface area contributed by atoms with Gasteiger partial charge in [-0.1, -0.05) is 18.6 Å². The second-order valence-corrected chi connectivity index (χ2v) is 6.62. The van der Waals surface area contributed by atoms with Crippen LogP contribution >= 0.6 is 0 Å². The van der Waals surface area contributed by atoms with Gasteiger partial charge >= 0.3 is 0 Å². The topological polar surface area (TPSA) is 54.3 Å². The molecule has 1 aliphatic heterocycles. The molecule has 1 aromatic carbocycles. The third-order valence-corrected chi connectivity index (χ3v) is 4.69. The highest BCUT2D eigenvalue weighted by Crippen LogP contribution is 2.18. The number of carbonyl (C=O) groups is 1. The predicted octanol–water partition coefficient (Wildman–Crippen LogP) is 1.93. The number of rotatable bonds is 6. The van der Waals surface area contributed by atoms with Crippen molar-refractivity contribution in [2.24, 2.45) is 0 Å². The lowest BCUT2D eigenvalue weighted by Crippen LogP contribution is -2.47. The molecule has 0 aliphatic carbocycles. The Bertz CT molecular complexity index is 691. The Kier molecular flexibility index (Phi) is 5.75. The number of amides is 1. The summed E-state index contributed by atoms with van der Waals surface area (Å²) >= 11 is 0. The molecular formula is C18H24FN5O. The molecule has 1 aliphatic rings. The maximum atomic E-state index is 13.3. The van der Waals surface area contributed by atoms with Crippen LogP contribution in [0.25, 0.3) is 0 Å². The molecule has 2 heterocycles. The molecule has 1 fully saturated rings. The van der Waals surface area contributed by atoms with Crippen LogP contribution in [0.3, 0.4) is 0 Å². The molecule has 134 valence electrons. The summed E-state index contributed by atoms with van der Waals surface area (Å²) in [5, 5.41) is 4.17. The van der Waals surface area contributed by atoms with Crippen molar-refractivity contribution in [3.63, 3.8) is 0 Å². The Balaban J connectivity index is 1.57. The lowest BCUT2D eigenvalue weighted by Gasteiger charge is -2.36. The molecule has 7 heteroatoms. The standard InChI is InChI=1S/C18H24FN5O/c1-22(10-15-5-4-6-16(19)9-15)18(25)12-23-8-3-2-7-17(23)11-24-14-20-13-21-24/h4-6,9,13-14,17H,2-3,7-8,10-12H2,1H3/t17-/m1/s1. The molecule has 25 heavy (non-hydrogen) atoms. The average Bonchev–Trinajstić information content (AvgIpc) is 3.09. The van der Waals surface area contributed by atoms with Crippen LogP contribution in [0.1, 0.15) is 24.8 Å². The van der Waals surface area contributed by atoms with Crippen LogP contribution in [-0.2, 0) is 17.9 Å². The van der Waals surface area contributed by atoms with Crippen LogP contribution in [-0.4, -0.2) is 56.7 Å². The van der Waals surface area contributed by atoms with Crippen molar-refractivity contribution < 1.29 is 9.18 Å². The van der Waals surface area contributed by atoms with E-state index in [0.717, 1.165) is 31.5 Å². The van der Waals surface area contributed by atoms with E-state index in [1.165, 1.54) is 24.9 Å². The molecule has 0 saturated carbocycles. The molecule has 0 radical (unpaired) electrons. The third kappa shape index (κ3) is 4.85. The summed E-state index contributed by atoms with van der Waals surface area (Å²) in [7, 11) is 1.77. The van der Waals surface area contributed by atoms with E-state index in [9.17, 15) is 9.18 Å². The number of likely N-dealkylation sites (N-methyl/N-ethyl adjacent to an activating group) is 1. The Morgan fingerprint density at radius 3 is 3.04 bits per heavy atom. The normalized spacial score (nSPS) is 18.2. The molecular weight excluding hydrogens is 321 g/mol. The quantitative estimate of drug-likeness (QED) is 0.803. The van der Waals surface area contributed by atoms with Gasteiger partial charge in [-0.15, -0.1) is 0 Å². The van der Waals surface area contributed by atoms with Gasteiger partial charge in [-0.2, -0.15) is 5.10 Å². The first-order valence-corrected chi connectivity index (χ1v) is 8.66. The number of piperidine rings is 1. The van der Waals surface area contributed by atoms with Crippen LogP contribution < -0.4 is 0 Å². The van der Waals surface area contributed by atoms with Crippen molar-refractivity contribution in [3.8, 4) is 0 Å². The number of hydrogen-bond acceptors (Lipinski definition) is 4. The van der Waals surface area contributed by atoms with Crippen molar-refractivity contribution in [1.82, 2.24) is 24.6 Å². The largest absolute Gasteiger partial charge is 0.340 e. The minimum absolute atomic E-state index is 0.0507. The first-order chi connectivity index (χ1) is 12.1. The van der Waals surface area contributed by atoms with Gasteiger partial charge in [0, 0.05) is 19.6 Å². The summed E-state index contributed by atoms with van der Waals surface area (Å²) < 4.78 is 15.1. The van der Waals surface area contributed by atoms with Gasteiger partial charge in [0.2, 0.25) is 5.91 Å². The second kappa shape index (κ2) is 8.20. The zero-order valence-corrected chi connectivity index (χ0v) is 14.5. The number of halogens is 1. The number of carbonyl (C=O) groups excluding carboxylic acids is 1. The van der Waals surface area contributed by atoms with Gasteiger partial charge in [0.1, 0.15) is 18.5 Å². The number of nitrogens with zero attached hydrogens (tertiary/aromatic N) is 5. The molecule has 0 unspecified atom stereocenters. The minimum atomic E-state index is -0.276. The van der Waals surface area contributed by atoms with E-state index in [1.807, 2.05) is 10.7 Å². The fourth-order valence-corrected chi connectivity index (χ4v) is 3.31. The molecule has 3 rings (SSSR count). The zero-order valence-electron chi connectivity index (χ0n) is 14.5. The second-order valence-electron chi connectivity index (χ2n) is 6.62. The maximum absolute atomic E-state index is 13.3. The Hall–Kier alpha value is -2.28. The van der Waals surface area contributed by atoms with Gasteiger partial charge in [0.15, 0.2) is 0 Å². The molecule has 1 aromatic heterocycles. The number of hydrogen-bond donors (Lipinski definition) is 0. The minimum Gasteiger partial charge on any atom is -0.340 e. The first-order valence-electron chi connectivity index (χ1n) is 8.66. The smallest absolute Gasteiger partial charge is 0.236 e. The van der Waals surface area contributed by atoms with Gasteiger partial charge in [-0.05, 0) is 37.1 Å². The van der Waals surface area contributed by atoms with E-state index in [2.05, 4.69) is 15.0 Å². The zero-order chi connectivity index (χ0) is 17.6. The fraction of sp³-hybridized carbons (Fsp3) is 0.500. The molecule has 2 aromatic rings. The monoisotopic (exact) mass is 345 g/mol. The van der Waals surface area contributed by atoms with E-state index >= 15 is 0 Å². The number of likely N-dealkylation sites (tertiary alicyclic amines) is 1. The summed E-state index contributed by atoms with van der Waals surface area (Å²) in [5.41, 5.74) is 0.800. The molecule has 0 N–H and O–H groups in total. The lowest BCUT2D eigenvalue weighted by molar-refractivity contribution is -0.132. The highest BCUT2D eigenvalue weighted by atomic mass is 19.1. The SMILES string of the molecule is CN(Cc1cccc(F)c1)C(=O)CN1CCCC[C@@H]1Cn1cncn1. The molecule has 1 atom stereocenters. The first kappa shape index (κ1) is 17.5. The van der Waals surface area contributed by atoms with E-state index in [0.29, 0.717) is 19.1 Å². The predicted molar refractivity (Wildman–Crippen MR) is 92.1 cm³/mol. The summed E-state index contributed by atoms with van der Waals surface area (Å²) in [6, 6.07) is 6.68. The van der Waals surface area contributed by atoms with Gasteiger partial charge in [-0.25, -0.2) is 9.37 Å². The van der Waals surface area contributed by atoms with E-state index < -0.39 is 0 Å². The fourth-order valence-electron chi connectivity index (χ4n) is 3.31. The van der Waals surface area contributed by atoms with Crippen molar-refractivity contribution in [2.75, 3.05) is 20.1 Å². The highest BCUT2D eigenvalue weighted by molar-refractivity contribution is 5.78. The Morgan fingerprint density at radius 1 is 1.40 bits per heavy atom.